The number of benzene rings is 7. The Balaban J connectivity index is 1.27. The van der Waals surface area contributed by atoms with E-state index >= 15 is 0 Å². The van der Waals surface area contributed by atoms with Gasteiger partial charge in [-0.2, -0.15) is 0 Å². The van der Waals surface area contributed by atoms with Crippen LogP contribution in [0.5, 0.6) is 0 Å². The zero-order valence-electron chi connectivity index (χ0n) is 25.5. The molecule has 0 aliphatic rings. The Bertz CT molecular complexity index is 1780. The first-order chi connectivity index (χ1) is 22.8. The minimum absolute atomic E-state index is 1.11. The van der Waals surface area contributed by atoms with Crippen LogP contribution in [-0.2, 0) is 0 Å². The van der Waals surface area contributed by atoms with Crippen LogP contribution >= 0.6 is 0 Å². The second-order valence-electron chi connectivity index (χ2n) is 11.1. The van der Waals surface area contributed by atoms with Gasteiger partial charge in [0.05, 0.1) is 0 Å². The number of nitrogens with zero attached hydrogens (tertiary/aromatic N) is 2. The third kappa shape index (κ3) is 6.38. The highest BCUT2D eigenvalue weighted by atomic mass is 15.1. The topological polar surface area (TPSA) is 6.48 Å². The summed E-state index contributed by atoms with van der Waals surface area (Å²) in [6.07, 6.45) is 2.28. The van der Waals surface area contributed by atoms with Gasteiger partial charge in [0.15, 0.2) is 0 Å². The van der Waals surface area contributed by atoms with Crippen LogP contribution in [-0.4, -0.2) is 0 Å². The van der Waals surface area contributed by atoms with Crippen molar-refractivity contribution in [1.29, 1.82) is 0 Å². The van der Waals surface area contributed by atoms with Gasteiger partial charge in [0, 0.05) is 34.1 Å². The monoisotopic (exact) mass is 590 g/mol. The van der Waals surface area contributed by atoms with Gasteiger partial charge in [0.2, 0.25) is 0 Å². The number of hydrogen-bond donors (Lipinski definition) is 0. The summed E-state index contributed by atoms with van der Waals surface area (Å²) in [5, 5.41) is 0. The molecule has 220 valence electrons. The van der Waals surface area contributed by atoms with Gasteiger partial charge in [-0.1, -0.05) is 127 Å². The molecule has 0 atom stereocenters. The maximum atomic E-state index is 2.29. The number of para-hydroxylation sites is 4. The van der Waals surface area contributed by atoms with Crippen molar-refractivity contribution in [2.75, 3.05) is 9.80 Å². The summed E-state index contributed by atoms with van der Waals surface area (Å²) in [5.74, 6) is 0. The van der Waals surface area contributed by atoms with Crippen molar-refractivity contribution in [3.8, 4) is 0 Å². The van der Waals surface area contributed by atoms with Crippen LogP contribution < -0.4 is 9.80 Å². The van der Waals surface area contributed by atoms with Crippen LogP contribution in [0.15, 0.2) is 200 Å². The van der Waals surface area contributed by atoms with E-state index in [0.29, 0.717) is 0 Å². The molecule has 0 saturated heterocycles. The lowest BCUT2D eigenvalue weighted by molar-refractivity contribution is 1.28. The van der Waals surface area contributed by atoms with Gasteiger partial charge in [-0.3, -0.25) is 0 Å². The van der Waals surface area contributed by atoms with E-state index in [-0.39, 0.29) is 0 Å². The lowest BCUT2D eigenvalue weighted by atomic mass is 9.95. The lowest BCUT2D eigenvalue weighted by Gasteiger charge is -2.26. The Labute approximate surface area is 271 Å². The molecule has 7 aromatic carbocycles. The second-order valence-corrected chi connectivity index (χ2v) is 11.1. The Hall–Kier alpha value is -6.12. The standard InChI is InChI=1S/C44H34N2/c1-6-16-35(17-7-1)34-44(36-26-30-42(31-27-36)45(38-18-8-2-9-19-38)39-20-10-3-11-21-39)37-28-32-43(33-29-37)46(40-22-12-4-13-23-40)41-24-14-5-15-25-41/h1-34H. The number of rotatable bonds is 9. The van der Waals surface area contributed by atoms with Crippen molar-refractivity contribution < 1.29 is 0 Å². The van der Waals surface area contributed by atoms with Gasteiger partial charge in [0.25, 0.3) is 0 Å². The molecule has 2 heteroatoms. The van der Waals surface area contributed by atoms with Gasteiger partial charge < -0.3 is 9.80 Å². The van der Waals surface area contributed by atoms with Crippen LogP contribution in [0.2, 0.25) is 0 Å². The average Bonchev–Trinajstić information content (AvgIpc) is 3.14. The molecule has 0 N–H and O–H groups in total. The van der Waals surface area contributed by atoms with Crippen molar-refractivity contribution in [3.63, 3.8) is 0 Å². The highest BCUT2D eigenvalue weighted by Crippen LogP contribution is 2.38. The zero-order chi connectivity index (χ0) is 31.0. The van der Waals surface area contributed by atoms with Crippen molar-refractivity contribution in [2.45, 2.75) is 0 Å². The molecule has 7 rings (SSSR count). The molecule has 0 radical (unpaired) electrons. The van der Waals surface area contributed by atoms with E-state index in [0.717, 1.165) is 50.8 Å². The SMILES string of the molecule is C(=C(c1ccc(N(c2ccccc2)c2ccccc2)cc1)c1ccc(N(c2ccccc2)c2ccccc2)cc1)c1ccccc1. The van der Waals surface area contributed by atoms with Gasteiger partial charge in [-0.05, 0) is 101 Å². The number of hydrogen-bond acceptors (Lipinski definition) is 2. The third-order valence-corrected chi connectivity index (χ3v) is 8.04. The van der Waals surface area contributed by atoms with Gasteiger partial charge in [-0.15, -0.1) is 0 Å². The smallest absolute Gasteiger partial charge is 0.0462 e. The molecule has 0 aliphatic carbocycles. The summed E-state index contributed by atoms with van der Waals surface area (Å²) in [4.78, 5) is 4.59. The molecule has 0 aromatic heterocycles. The molecule has 0 amide bonds. The van der Waals surface area contributed by atoms with Gasteiger partial charge in [0.1, 0.15) is 0 Å². The molecule has 46 heavy (non-hydrogen) atoms. The number of anilines is 6. The Morgan fingerprint density at radius 3 is 0.848 bits per heavy atom. The summed E-state index contributed by atoms with van der Waals surface area (Å²) in [6.45, 7) is 0. The third-order valence-electron chi connectivity index (χ3n) is 8.04. The molecular weight excluding hydrogens is 556 g/mol. The largest absolute Gasteiger partial charge is 0.311 e. The predicted octanol–water partition coefficient (Wildman–Crippen LogP) is 12.2. The molecule has 7 aromatic rings. The molecule has 0 spiro atoms. The fourth-order valence-corrected chi connectivity index (χ4v) is 5.83. The minimum Gasteiger partial charge on any atom is -0.311 e. The van der Waals surface area contributed by atoms with E-state index < -0.39 is 0 Å². The van der Waals surface area contributed by atoms with Crippen LogP contribution in [0.1, 0.15) is 16.7 Å². The molecule has 0 saturated carbocycles. The summed E-state index contributed by atoms with van der Waals surface area (Å²) >= 11 is 0. The van der Waals surface area contributed by atoms with Crippen molar-refractivity contribution in [3.05, 3.63) is 217 Å². The van der Waals surface area contributed by atoms with E-state index in [2.05, 4.69) is 216 Å². The highest BCUT2D eigenvalue weighted by Gasteiger charge is 2.15. The fourth-order valence-electron chi connectivity index (χ4n) is 5.83. The van der Waals surface area contributed by atoms with Crippen LogP contribution in [0.4, 0.5) is 34.1 Å². The fraction of sp³-hybridized carbons (Fsp3) is 0. The van der Waals surface area contributed by atoms with Crippen LogP contribution in [0.25, 0.3) is 11.6 Å². The van der Waals surface area contributed by atoms with E-state index in [1.54, 1.807) is 0 Å². The van der Waals surface area contributed by atoms with Crippen molar-refractivity contribution in [1.82, 2.24) is 0 Å². The maximum Gasteiger partial charge on any atom is 0.0462 e. The molecule has 0 fully saturated rings. The molecule has 0 heterocycles. The molecule has 0 bridgehead atoms. The molecule has 0 aliphatic heterocycles. The Morgan fingerprint density at radius 1 is 0.283 bits per heavy atom. The quantitative estimate of drug-likeness (QED) is 0.154. The molecule has 2 nitrogen and oxygen atoms in total. The predicted molar refractivity (Wildman–Crippen MR) is 196 cm³/mol. The first kappa shape index (κ1) is 28.6. The Morgan fingerprint density at radius 2 is 0.543 bits per heavy atom. The Kier molecular flexibility index (Phi) is 8.51. The van der Waals surface area contributed by atoms with E-state index in [9.17, 15) is 0 Å². The first-order valence-electron chi connectivity index (χ1n) is 15.6. The maximum absolute atomic E-state index is 2.29. The summed E-state index contributed by atoms with van der Waals surface area (Å²) < 4.78 is 0. The van der Waals surface area contributed by atoms with E-state index in [4.69, 9.17) is 0 Å². The normalized spacial score (nSPS) is 10.6. The highest BCUT2D eigenvalue weighted by molar-refractivity contribution is 5.93. The average molecular weight is 591 g/mol. The second kappa shape index (κ2) is 13.7. The van der Waals surface area contributed by atoms with Gasteiger partial charge in [-0.25, -0.2) is 0 Å². The van der Waals surface area contributed by atoms with Gasteiger partial charge >= 0.3 is 0 Å². The van der Waals surface area contributed by atoms with Crippen molar-refractivity contribution >= 4 is 45.8 Å². The van der Waals surface area contributed by atoms with E-state index in [1.165, 1.54) is 5.57 Å². The van der Waals surface area contributed by atoms with Crippen LogP contribution in [0.3, 0.4) is 0 Å². The zero-order valence-corrected chi connectivity index (χ0v) is 25.5. The first-order valence-corrected chi connectivity index (χ1v) is 15.6. The molecule has 0 unspecified atom stereocenters. The lowest BCUT2D eigenvalue weighted by Crippen LogP contribution is -2.10. The van der Waals surface area contributed by atoms with Crippen LogP contribution in [0, 0.1) is 0 Å². The summed E-state index contributed by atoms with van der Waals surface area (Å²) in [6, 6.07) is 70.4. The minimum atomic E-state index is 1.11. The van der Waals surface area contributed by atoms with E-state index in [1.807, 2.05) is 0 Å². The molecular formula is C44H34N2. The summed E-state index contributed by atoms with van der Waals surface area (Å²) in [7, 11) is 0. The summed E-state index contributed by atoms with van der Waals surface area (Å²) in [5.41, 5.74) is 11.4. The van der Waals surface area contributed by atoms with Crippen molar-refractivity contribution in [2.24, 2.45) is 0 Å².